The Bertz CT molecular complexity index is 804. The molecule has 2 heterocycles. The summed E-state index contributed by atoms with van der Waals surface area (Å²) in [5.74, 6) is 0.434. The number of urea groups is 1. The van der Waals surface area contributed by atoms with E-state index in [1.165, 1.54) is 17.7 Å². The summed E-state index contributed by atoms with van der Waals surface area (Å²) >= 11 is 0. The summed E-state index contributed by atoms with van der Waals surface area (Å²) in [6.07, 6.45) is 2.81. The van der Waals surface area contributed by atoms with Gasteiger partial charge in [0.05, 0.1) is 0 Å². The first kappa shape index (κ1) is 18.7. The van der Waals surface area contributed by atoms with Gasteiger partial charge < -0.3 is 10.1 Å². The van der Waals surface area contributed by atoms with Gasteiger partial charge in [0.25, 0.3) is 0 Å². The molecular weight excluding hydrogens is 357 g/mol. The summed E-state index contributed by atoms with van der Waals surface area (Å²) in [6.45, 7) is 4.04. The molecule has 0 radical (unpaired) electrons. The van der Waals surface area contributed by atoms with E-state index >= 15 is 0 Å². The monoisotopic (exact) mass is 383 g/mol. The van der Waals surface area contributed by atoms with Crippen LogP contribution in [-0.4, -0.2) is 49.8 Å². The number of fused-ring (bicyclic) bond motifs is 1. The number of nitrogens with one attached hydrogen (secondary N) is 1. The number of carbonyl (C=O) groups is 1. The second-order valence-corrected chi connectivity index (χ2v) is 7.40. The Morgan fingerprint density at radius 1 is 1.07 bits per heavy atom. The summed E-state index contributed by atoms with van der Waals surface area (Å²) in [7, 11) is 0. The molecule has 2 aliphatic heterocycles. The average Bonchev–Trinajstić information content (AvgIpc) is 3.15. The molecule has 2 aromatic rings. The number of para-hydroxylation sites is 1. The first-order chi connectivity index (χ1) is 13.7. The van der Waals surface area contributed by atoms with Gasteiger partial charge in [-0.3, -0.25) is 9.80 Å². The molecule has 28 heavy (non-hydrogen) atoms. The Morgan fingerprint density at radius 2 is 1.82 bits per heavy atom. The highest BCUT2D eigenvalue weighted by molar-refractivity contribution is 5.94. The molecule has 1 fully saturated rings. The number of likely N-dealkylation sites (tertiary alicyclic amines) is 1. The Hall–Kier alpha value is -2.60. The van der Waals surface area contributed by atoms with Gasteiger partial charge >= 0.3 is 6.03 Å². The Morgan fingerprint density at radius 3 is 2.61 bits per heavy atom. The van der Waals surface area contributed by atoms with Crippen molar-refractivity contribution in [3.05, 3.63) is 59.9 Å². The number of piperidine rings is 1. The van der Waals surface area contributed by atoms with E-state index < -0.39 is 0 Å². The van der Waals surface area contributed by atoms with E-state index in [-0.39, 0.29) is 17.9 Å². The molecule has 4 rings (SSSR count). The van der Waals surface area contributed by atoms with E-state index in [1.54, 1.807) is 12.1 Å². The van der Waals surface area contributed by atoms with E-state index in [9.17, 15) is 9.18 Å². The van der Waals surface area contributed by atoms with E-state index in [1.807, 2.05) is 23.1 Å². The van der Waals surface area contributed by atoms with Gasteiger partial charge in [-0.25, -0.2) is 9.18 Å². The lowest BCUT2D eigenvalue weighted by Gasteiger charge is -2.33. The third-order valence-corrected chi connectivity index (χ3v) is 5.54. The summed E-state index contributed by atoms with van der Waals surface area (Å²) in [6, 6.07) is 14.5. The molecule has 0 bridgehead atoms. The number of benzene rings is 2. The van der Waals surface area contributed by atoms with Gasteiger partial charge in [0, 0.05) is 37.9 Å². The average molecular weight is 383 g/mol. The predicted octanol–water partition coefficient (Wildman–Crippen LogP) is 3.44. The Kier molecular flexibility index (Phi) is 5.76. The Balaban J connectivity index is 1.18. The number of amides is 2. The van der Waals surface area contributed by atoms with Crippen LogP contribution in [-0.2, 0) is 6.42 Å². The summed E-state index contributed by atoms with van der Waals surface area (Å²) in [4.78, 5) is 16.9. The van der Waals surface area contributed by atoms with Crippen LogP contribution in [0.25, 0.3) is 0 Å². The minimum Gasteiger partial charge on any atom is -0.492 e. The third kappa shape index (κ3) is 4.44. The molecule has 1 N–H and O–H groups in total. The highest BCUT2D eigenvalue weighted by Gasteiger charge is 2.27. The zero-order valence-electron chi connectivity index (χ0n) is 15.9. The maximum atomic E-state index is 12.9. The maximum Gasteiger partial charge on any atom is 0.322 e. The lowest BCUT2D eigenvalue weighted by molar-refractivity contribution is 0.165. The molecule has 2 aliphatic rings. The molecule has 2 aromatic carbocycles. The molecule has 5 nitrogen and oxygen atoms in total. The van der Waals surface area contributed by atoms with Gasteiger partial charge in [0.2, 0.25) is 0 Å². The highest BCUT2D eigenvalue weighted by Crippen LogP contribution is 2.27. The fraction of sp³-hybridized carbons (Fsp3) is 0.409. The molecule has 0 saturated carbocycles. The molecule has 0 atom stereocenters. The van der Waals surface area contributed by atoms with Crippen LogP contribution in [0.2, 0.25) is 0 Å². The number of ether oxygens (including phenoxy) is 1. The van der Waals surface area contributed by atoms with Crippen molar-refractivity contribution in [2.75, 3.05) is 37.7 Å². The van der Waals surface area contributed by atoms with Gasteiger partial charge in [-0.05, 0) is 55.2 Å². The van der Waals surface area contributed by atoms with Crippen molar-refractivity contribution < 1.29 is 13.9 Å². The van der Waals surface area contributed by atoms with Crippen LogP contribution in [0, 0.1) is 5.82 Å². The third-order valence-electron chi connectivity index (χ3n) is 5.54. The van der Waals surface area contributed by atoms with Gasteiger partial charge in [-0.1, -0.05) is 18.2 Å². The van der Waals surface area contributed by atoms with Crippen molar-refractivity contribution in [1.82, 2.24) is 10.2 Å². The number of hydrogen-bond acceptors (Lipinski definition) is 3. The van der Waals surface area contributed by atoms with E-state index in [2.05, 4.69) is 16.3 Å². The molecule has 6 heteroatoms. The SMILES string of the molecule is O=C(NC1CCN(CCOc2ccc(F)cc2)CC1)N1CCc2ccccc21. The van der Waals surface area contributed by atoms with Gasteiger partial charge in [-0.2, -0.15) is 0 Å². The molecule has 0 spiro atoms. The zero-order valence-corrected chi connectivity index (χ0v) is 15.9. The topological polar surface area (TPSA) is 44.8 Å². The second kappa shape index (κ2) is 8.61. The molecular formula is C22H26FN3O2. The van der Waals surface area contributed by atoms with Crippen LogP contribution in [0.1, 0.15) is 18.4 Å². The molecule has 1 saturated heterocycles. The van der Waals surface area contributed by atoms with Crippen LogP contribution >= 0.6 is 0 Å². The van der Waals surface area contributed by atoms with Crippen molar-refractivity contribution in [1.29, 1.82) is 0 Å². The van der Waals surface area contributed by atoms with E-state index in [0.717, 1.165) is 51.1 Å². The molecule has 0 aliphatic carbocycles. The van der Waals surface area contributed by atoms with Crippen LogP contribution in [0.3, 0.4) is 0 Å². The number of hydrogen-bond donors (Lipinski definition) is 1. The van der Waals surface area contributed by atoms with Crippen molar-refractivity contribution >= 4 is 11.7 Å². The number of rotatable bonds is 5. The number of carbonyl (C=O) groups excluding carboxylic acids is 1. The zero-order chi connectivity index (χ0) is 19.3. The van der Waals surface area contributed by atoms with Crippen molar-refractivity contribution in [2.45, 2.75) is 25.3 Å². The first-order valence-electron chi connectivity index (χ1n) is 9.96. The normalized spacial score (nSPS) is 17.4. The minimum atomic E-state index is -0.256. The lowest BCUT2D eigenvalue weighted by atomic mass is 10.1. The molecule has 0 aromatic heterocycles. The quantitative estimate of drug-likeness (QED) is 0.860. The van der Waals surface area contributed by atoms with Gasteiger partial charge in [0.15, 0.2) is 0 Å². The van der Waals surface area contributed by atoms with Crippen molar-refractivity contribution in [2.24, 2.45) is 0 Å². The maximum absolute atomic E-state index is 12.9. The first-order valence-corrected chi connectivity index (χ1v) is 9.96. The van der Waals surface area contributed by atoms with Crippen LogP contribution in [0.5, 0.6) is 5.75 Å². The van der Waals surface area contributed by atoms with Crippen molar-refractivity contribution in [3.8, 4) is 5.75 Å². The summed E-state index contributed by atoms with van der Waals surface area (Å²) < 4.78 is 18.6. The largest absolute Gasteiger partial charge is 0.492 e. The smallest absolute Gasteiger partial charge is 0.322 e. The number of nitrogens with zero attached hydrogens (tertiary/aromatic N) is 2. The second-order valence-electron chi connectivity index (χ2n) is 7.40. The predicted molar refractivity (Wildman–Crippen MR) is 107 cm³/mol. The minimum absolute atomic E-state index is 0.0167. The lowest BCUT2D eigenvalue weighted by Crippen LogP contribution is -2.49. The Labute approximate surface area is 165 Å². The van der Waals surface area contributed by atoms with E-state index in [4.69, 9.17) is 4.74 Å². The van der Waals surface area contributed by atoms with Crippen LogP contribution < -0.4 is 15.0 Å². The standard InChI is InChI=1S/C22H26FN3O2/c23-18-5-7-20(8-6-18)28-16-15-25-12-10-19(11-13-25)24-22(27)26-14-9-17-3-1-2-4-21(17)26/h1-8,19H,9-16H2,(H,24,27). The van der Waals surface area contributed by atoms with Crippen molar-refractivity contribution in [3.63, 3.8) is 0 Å². The van der Waals surface area contributed by atoms with Crippen LogP contribution in [0.15, 0.2) is 48.5 Å². The highest BCUT2D eigenvalue weighted by atomic mass is 19.1. The molecule has 2 amide bonds. The van der Waals surface area contributed by atoms with Crippen LogP contribution in [0.4, 0.5) is 14.9 Å². The molecule has 148 valence electrons. The number of anilines is 1. The fourth-order valence-corrected chi connectivity index (χ4v) is 3.93. The molecule has 0 unspecified atom stereocenters. The van der Waals surface area contributed by atoms with Gasteiger partial charge in [0.1, 0.15) is 18.2 Å². The summed E-state index contributed by atoms with van der Waals surface area (Å²) in [5.41, 5.74) is 2.28. The van der Waals surface area contributed by atoms with Gasteiger partial charge in [-0.15, -0.1) is 0 Å². The van der Waals surface area contributed by atoms with E-state index in [0.29, 0.717) is 12.4 Å². The summed E-state index contributed by atoms with van der Waals surface area (Å²) in [5, 5.41) is 3.20. The fourth-order valence-electron chi connectivity index (χ4n) is 3.93. The number of halogens is 1.